The number of carbonyl (C=O) groups is 3. The number of para-hydroxylation sites is 1. The molecular formula is C28H25ClN2O6. The molecular weight excluding hydrogens is 496 g/mol. The summed E-state index contributed by atoms with van der Waals surface area (Å²) in [5.74, 6) is 0.200. The molecule has 0 spiro atoms. The van der Waals surface area contributed by atoms with Crippen LogP contribution in [0.25, 0.3) is 6.08 Å². The predicted molar refractivity (Wildman–Crippen MR) is 140 cm³/mol. The minimum atomic E-state index is -0.832. The maximum Gasteiger partial charge on any atom is 0.335 e. The molecule has 0 aromatic heterocycles. The molecule has 4 rings (SSSR count). The van der Waals surface area contributed by atoms with Crippen molar-refractivity contribution < 1.29 is 28.6 Å². The van der Waals surface area contributed by atoms with Gasteiger partial charge in [-0.3, -0.25) is 14.9 Å². The lowest BCUT2D eigenvalue weighted by atomic mass is 10.1. The molecule has 37 heavy (non-hydrogen) atoms. The van der Waals surface area contributed by atoms with Crippen LogP contribution in [0.2, 0.25) is 5.02 Å². The average molecular weight is 521 g/mol. The van der Waals surface area contributed by atoms with Gasteiger partial charge in [-0.25, -0.2) is 9.69 Å². The molecule has 0 atom stereocenters. The Hall–Kier alpha value is -4.30. The second-order valence-corrected chi connectivity index (χ2v) is 8.47. The molecule has 0 unspecified atom stereocenters. The predicted octanol–water partition coefficient (Wildman–Crippen LogP) is 5.17. The Morgan fingerprint density at radius 1 is 0.865 bits per heavy atom. The molecule has 0 bridgehead atoms. The fourth-order valence-corrected chi connectivity index (χ4v) is 3.80. The van der Waals surface area contributed by atoms with Crippen molar-refractivity contribution in [3.05, 3.63) is 88.5 Å². The molecule has 3 aromatic carbocycles. The third-order valence-corrected chi connectivity index (χ3v) is 5.71. The van der Waals surface area contributed by atoms with Crippen LogP contribution in [0.15, 0.2) is 72.3 Å². The number of benzene rings is 3. The van der Waals surface area contributed by atoms with Crippen LogP contribution in [0.5, 0.6) is 17.2 Å². The van der Waals surface area contributed by atoms with E-state index >= 15 is 0 Å². The Kier molecular flexibility index (Phi) is 8.10. The quantitative estimate of drug-likeness (QED) is 0.237. The number of imide groups is 2. The molecule has 1 fully saturated rings. The number of urea groups is 1. The minimum Gasteiger partial charge on any atom is -0.490 e. The zero-order valence-electron chi connectivity index (χ0n) is 20.3. The van der Waals surface area contributed by atoms with Gasteiger partial charge in [0.1, 0.15) is 24.5 Å². The first kappa shape index (κ1) is 25.8. The molecule has 0 saturated carbocycles. The van der Waals surface area contributed by atoms with Gasteiger partial charge in [0.2, 0.25) is 0 Å². The number of nitrogens with zero attached hydrogens (tertiary/aromatic N) is 1. The summed E-state index contributed by atoms with van der Waals surface area (Å²) in [7, 11) is 0. The van der Waals surface area contributed by atoms with E-state index in [9.17, 15) is 14.4 Å². The summed E-state index contributed by atoms with van der Waals surface area (Å²) < 4.78 is 17.3. The van der Waals surface area contributed by atoms with E-state index in [2.05, 4.69) is 5.32 Å². The van der Waals surface area contributed by atoms with Gasteiger partial charge in [0, 0.05) is 5.02 Å². The number of hydrogen-bond acceptors (Lipinski definition) is 6. The standard InChI is InChI=1S/C28H25ClN2O6/c1-3-35-25-17-19(8-13-24(25)37-15-14-36-23-7-5-4-6-18(23)2)16-22-26(32)30-28(34)31(27(22)33)21-11-9-20(29)10-12-21/h4-13,16-17H,3,14-15H2,1-2H3,(H,30,32,34)/b22-16-. The first-order chi connectivity index (χ1) is 17.9. The third kappa shape index (κ3) is 6.10. The summed E-state index contributed by atoms with van der Waals surface area (Å²) in [5.41, 5.74) is 1.65. The van der Waals surface area contributed by atoms with Crippen LogP contribution in [-0.4, -0.2) is 37.7 Å². The molecule has 1 aliphatic rings. The van der Waals surface area contributed by atoms with Gasteiger partial charge in [-0.2, -0.15) is 0 Å². The van der Waals surface area contributed by atoms with Crippen molar-refractivity contribution in [2.45, 2.75) is 13.8 Å². The first-order valence-corrected chi connectivity index (χ1v) is 12.0. The number of amides is 4. The Morgan fingerprint density at radius 2 is 1.57 bits per heavy atom. The van der Waals surface area contributed by atoms with Gasteiger partial charge in [-0.1, -0.05) is 35.9 Å². The number of halogens is 1. The zero-order chi connectivity index (χ0) is 26.4. The van der Waals surface area contributed by atoms with E-state index in [1.165, 1.54) is 18.2 Å². The van der Waals surface area contributed by atoms with Crippen LogP contribution in [-0.2, 0) is 9.59 Å². The zero-order valence-corrected chi connectivity index (χ0v) is 21.1. The Labute approximate surface area is 219 Å². The molecule has 0 radical (unpaired) electrons. The monoisotopic (exact) mass is 520 g/mol. The number of anilines is 1. The summed E-state index contributed by atoms with van der Waals surface area (Å²) in [6, 6.07) is 18.1. The van der Waals surface area contributed by atoms with Crippen molar-refractivity contribution in [1.82, 2.24) is 5.32 Å². The summed E-state index contributed by atoms with van der Waals surface area (Å²) in [6.07, 6.45) is 1.40. The highest BCUT2D eigenvalue weighted by molar-refractivity contribution is 6.39. The largest absolute Gasteiger partial charge is 0.490 e. The normalized spacial score (nSPS) is 14.5. The van der Waals surface area contributed by atoms with Gasteiger partial charge >= 0.3 is 6.03 Å². The maximum absolute atomic E-state index is 13.1. The second kappa shape index (κ2) is 11.6. The maximum atomic E-state index is 13.1. The summed E-state index contributed by atoms with van der Waals surface area (Å²) in [5, 5.41) is 2.65. The summed E-state index contributed by atoms with van der Waals surface area (Å²) in [4.78, 5) is 38.9. The first-order valence-electron chi connectivity index (χ1n) is 11.6. The van der Waals surface area contributed by atoms with Crippen LogP contribution in [0.4, 0.5) is 10.5 Å². The second-order valence-electron chi connectivity index (χ2n) is 8.04. The van der Waals surface area contributed by atoms with Crippen LogP contribution >= 0.6 is 11.6 Å². The van der Waals surface area contributed by atoms with Gasteiger partial charge in [-0.05, 0) is 73.5 Å². The van der Waals surface area contributed by atoms with E-state index in [1.807, 2.05) is 38.1 Å². The summed E-state index contributed by atoms with van der Waals surface area (Å²) in [6.45, 7) is 4.82. The van der Waals surface area contributed by atoms with Gasteiger partial charge in [0.15, 0.2) is 11.5 Å². The van der Waals surface area contributed by atoms with Crippen molar-refractivity contribution in [2.24, 2.45) is 0 Å². The van der Waals surface area contributed by atoms with Gasteiger partial charge in [-0.15, -0.1) is 0 Å². The number of ether oxygens (including phenoxy) is 3. The number of barbiturate groups is 1. The Bertz CT molecular complexity index is 1350. The molecule has 8 nitrogen and oxygen atoms in total. The van der Waals surface area contributed by atoms with E-state index in [1.54, 1.807) is 30.3 Å². The molecule has 1 aliphatic heterocycles. The highest BCUT2D eigenvalue weighted by atomic mass is 35.5. The fourth-order valence-electron chi connectivity index (χ4n) is 3.67. The minimum absolute atomic E-state index is 0.197. The lowest BCUT2D eigenvalue weighted by Gasteiger charge is -2.26. The summed E-state index contributed by atoms with van der Waals surface area (Å²) >= 11 is 5.91. The highest BCUT2D eigenvalue weighted by Gasteiger charge is 2.36. The number of nitrogens with one attached hydrogen (secondary N) is 1. The SMILES string of the molecule is CCOc1cc(/C=C2/C(=O)NC(=O)N(c3ccc(Cl)cc3)C2=O)ccc1OCCOc1ccccc1C. The van der Waals surface area contributed by atoms with E-state index in [0.29, 0.717) is 35.3 Å². The molecule has 1 N–H and O–H groups in total. The molecule has 190 valence electrons. The molecule has 1 saturated heterocycles. The molecule has 0 aliphatic carbocycles. The molecule has 9 heteroatoms. The fraction of sp³-hybridized carbons (Fsp3) is 0.179. The topological polar surface area (TPSA) is 94.2 Å². The van der Waals surface area contributed by atoms with E-state index in [4.69, 9.17) is 25.8 Å². The number of rotatable bonds is 9. The number of carbonyl (C=O) groups excluding carboxylic acids is 3. The Morgan fingerprint density at radius 3 is 2.27 bits per heavy atom. The van der Waals surface area contributed by atoms with Crippen molar-refractivity contribution in [2.75, 3.05) is 24.7 Å². The lowest BCUT2D eigenvalue weighted by molar-refractivity contribution is -0.122. The molecule has 4 amide bonds. The van der Waals surface area contributed by atoms with Crippen LogP contribution in [0.3, 0.4) is 0 Å². The lowest BCUT2D eigenvalue weighted by Crippen LogP contribution is -2.54. The number of hydrogen-bond donors (Lipinski definition) is 1. The van der Waals surface area contributed by atoms with Crippen LogP contribution < -0.4 is 24.4 Å². The molecule has 1 heterocycles. The third-order valence-electron chi connectivity index (χ3n) is 5.46. The van der Waals surface area contributed by atoms with Crippen molar-refractivity contribution in [3.63, 3.8) is 0 Å². The average Bonchev–Trinajstić information content (AvgIpc) is 2.87. The Balaban J connectivity index is 1.51. The van der Waals surface area contributed by atoms with Crippen LogP contribution in [0.1, 0.15) is 18.1 Å². The van der Waals surface area contributed by atoms with Crippen molar-refractivity contribution >= 4 is 41.2 Å². The number of aryl methyl sites for hydroxylation is 1. The van der Waals surface area contributed by atoms with Gasteiger partial charge in [0.05, 0.1) is 12.3 Å². The van der Waals surface area contributed by atoms with Crippen molar-refractivity contribution in [3.8, 4) is 17.2 Å². The highest BCUT2D eigenvalue weighted by Crippen LogP contribution is 2.30. The van der Waals surface area contributed by atoms with Crippen molar-refractivity contribution in [1.29, 1.82) is 0 Å². The van der Waals surface area contributed by atoms with Gasteiger partial charge < -0.3 is 14.2 Å². The van der Waals surface area contributed by atoms with E-state index < -0.39 is 17.8 Å². The van der Waals surface area contributed by atoms with E-state index in [0.717, 1.165) is 16.2 Å². The smallest absolute Gasteiger partial charge is 0.335 e. The molecule has 3 aromatic rings. The van der Waals surface area contributed by atoms with E-state index in [-0.39, 0.29) is 17.9 Å². The van der Waals surface area contributed by atoms with Gasteiger partial charge in [0.25, 0.3) is 11.8 Å². The van der Waals surface area contributed by atoms with Crippen LogP contribution in [0, 0.1) is 6.92 Å².